The van der Waals surface area contributed by atoms with Gasteiger partial charge in [-0.15, -0.1) is 24.0 Å². The van der Waals surface area contributed by atoms with Crippen LogP contribution in [0.4, 0.5) is 0 Å². The minimum absolute atomic E-state index is 0. The molecular formula is C22H30ClIN4O2. The monoisotopic (exact) mass is 544 g/mol. The van der Waals surface area contributed by atoms with Crippen molar-refractivity contribution in [1.82, 2.24) is 15.5 Å². The number of benzene rings is 2. The number of hydrogen-bond acceptors (Lipinski definition) is 3. The Labute approximate surface area is 201 Å². The van der Waals surface area contributed by atoms with E-state index in [0.29, 0.717) is 35.4 Å². The number of hydrogen-bond donors (Lipinski definition) is 2. The SMILES string of the molecule is CCNC(=NCc1ccc(C(=O)N(C)C)cc1)NCC(C)Oc1ccccc1Cl.I. The Kier molecular flexibility index (Phi) is 11.6. The average molecular weight is 545 g/mol. The van der Waals surface area contributed by atoms with E-state index in [0.717, 1.165) is 12.1 Å². The number of carbonyl (C=O) groups excluding carboxylic acids is 1. The predicted molar refractivity (Wildman–Crippen MR) is 134 cm³/mol. The van der Waals surface area contributed by atoms with Crippen LogP contribution in [0.25, 0.3) is 0 Å². The lowest BCUT2D eigenvalue weighted by Crippen LogP contribution is -2.41. The van der Waals surface area contributed by atoms with Crippen LogP contribution in [0, 0.1) is 0 Å². The lowest BCUT2D eigenvalue weighted by atomic mass is 10.1. The summed E-state index contributed by atoms with van der Waals surface area (Å²) in [6.07, 6.45) is -0.0879. The first kappa shape index (κ1) is 26.0. The number of aliphatic imine (C=N–C) groups is 1. The molecule has 0 fully saturated rings. The largest absolute Gasteiger partial charge is 0.487 e. The number of nitrogens with zero attached hydrogens (tertiary/aromatic N) is 2. The molecule has 6 nitrogen and oxygen atoms in total. The fraction of sp³-hybridized carbons (Fsp3) is 0.364. The van der Waals surface area contributed by atoms with Crippen molar-refractivity contribution in [2.24, 2.45) is 4.99 Å². The quantitative estimate of drug-likeness (QED) is 0.297. The molecule has 0 aromatic heterocycles. The van der Waals surface area contributed by atoms with Crippen molar-refractivity contribution in [3.05, 3.63) is 64.7 Å². The molecular weight excluding hydrogens is 515 g/mol. The van der Waals surface area contributed by atoms with Crippen LogP contribution in [0.5, 0.6) is 5.75 Å². The van der Waals surface area contributed by atoms with Gasteiger partial charge in [0.2, 0.25) is 0 Å². The normalized spacial score (nSPS) is 11.8. The maximum absolute atomic E-state index is 12.0. The third-order valence-electron chi connectivity index (χ3n) is 4.09. The van der Waals surface area contributed by atoms with Crippen molar-refractivity contribution in [1.29, 1.82) is 0 Å². The standard InChI is InChI=1S/C22H29ClN4O2.HI/c1-5-24-22(25-14-16(2)29-20-9-7-6-8-19(20)23)26-15-17-10-12-18(13-11-17)21(28)27(3)4;/h6-13,16H,5,14-15H2,1-4H3,(H2,24,25,26);1H. The number of ether oxygens (including phenoxy) is 1. The van der Waals surface area contributed by atoms with E-state index in [1.807, 2.05) is 56.3 Å². The first-order chi connectivity index (χ1) is 13.9. The fourth-order valence-corrected chi connectivity index (χ4v) is 2.74. The van der Waals surface area contributed by atoms with Crippen LogP contribution in [0.1, 0.15) is 29.8 Å². The Hall–Kier alpha value is -2.00. The Morgan fingerprint density at radius 3 is 2.40 bits per heavy atom. The zero-order valence-corrected chi connectivity index (χ0v) is 20.9. The Morgan fingerprint density at radius 1 is 1.13 bits per heavy atom. The molecule has 0 aliphatic rings. The van der Waals surface area contributed by atoms with E-state index >= 15 is 0 Å². The van der Waals surface area contributed by atoms with Crippen LogP contribution in [0.2, 0.25) is 5.02 Å². The molecule has 0 radical (unpaired) electrons. The zero-order chi connectivity index (χ0) is 21.2. The highest BCUT2D eigenvalue weighted by Gasteiger charge is 2.09. The maximum Gasteiger partial charge on any atom is 0.253 e. The van der Waals surface area contributed by atoms with Crippen LogP contribution in [-0.4, -0.2) is 50.1 Å². The average Bonchev–Trinajstić information content (AvgIpc) is 2.71. The number of para-hydroxylation sites is 1. The van der Waals surface area contributed by atoms with Gasteiger partial charge < -0.3 is 20.3 Å². The topological polar surface area (TPSA) is 66.0 Å². The Morgan fingerprint density at radius 2 is 1.80 bits per heavy atom. The second kappa shape index (κ2) is 13.3. The molecule has 0 aliphatic carbocycles. The van der Waals surface area contributed by atoms with Gasteiger partial charge in [0.1, 0.15) is 11.9 Å². The molecule has 2 rings (SSSR count). The van der Waals surface area contributed by atoms with E-state index in [1.54, 1.807) is 25.1 Å². The van der Waals surface area contributed by atoms with Crippen molar-refractivity contribution in [3.63, 3.8) is 0 Å². The van der Waals surface area contributed by atoms with Gasteiger partial charge in [0, 0.05) is 26.2 Å². The second-order valence-corrected chi connectivity index (χ2v) is 7.24. The van der Waals surface area contributed by atoms with E-state index in [-0.39, 0.29) is 36.0 Å². The van der Waals surface area contributed by atoms with Gasteiger partial charge in [-0.1, -0.05) is 35.9 Å². The molecule has 164 valence electrons. The third kappa shape index (κ3) is 8.39. The molecule has 1 amide bonds. The van der Waals surface area contributed by atoms with Gasteiger partial charge in [0.15, 0.2) is 5.96 Å². The smallest absolute Gasteiger partial charge is 0.253 e. The van der Waals surface area contributed by atoms with E-state index in [2.05, 4.69) is 15.6 Å². The first-order valence-electron chi connectivity index (χ1n) is 9.64. The van der Waals surface area contributed by atoms with Crippen molar-refractivity contribution >= 4 is 47.4 Å². The molecule has 1 atom stereocenters. The molecule has 0 saturated carbocycles. The molecule has 8 heteroatoms. The summed E-state index contributed by atoms with van der Waals surface area (Å²) < 4.78 is 5.88. The molecule has 0 spiro atoms. The first-order valence-corrected chi connectivity index (χ1v) is 10.0. The summed E-state index contributed by atoms with van der Waals surface area (Å²) in [6.45, 7) is 5.82. The second-order valence-electron chi connectivity index (χ2n) is 6.83. The molecule has 1 unspecified atom stereocenters. The summed E-state index contributed by atoms with van der Waals surface area (Å²) in [5.74, 6) is 1.36. The number of halogens is 2. The van der Waals surface area contributed by atoms with E-state index in [1.165, 1.54) is 0 Å². The van der Waals surface area contributed by atoms with Gasteiger partial charge in [0.25, 0.3) is 5.91 Å². The third-order valence-corrected chi connectivity index (χ3v) is 4.41. The summed E-state index contributed by atoms with van der Waals surface area (Å²) in [5, 5.41) is 7.10. The summed E-state index contributed by atoms with van der Waals surface area (Å²) >= 11 is 6.14. The van der Waals surface area contributed by atoms with Crippen LogP contribution < -0.4 is 15.4 Å². The van der Waals surface area contributed by atoms with Crippen molar-refractivity contribution in [2.75, 3.05) is 27.2 Å². The summed E-state index contributed by atoms with van der Waals surface area (Å²) in [7, 11) is 3.48. The fourth-order valence-electron chi connectivity index (χ4n) is 2.56. The lowest BCUT2D eigenvalue weighted by Gasteiger charge is -2.18. The number of guanidine groups is 1. The maximum atomic E-state index is 12.0. The summed E-state index contributed by atoms with van der Waals surface area (Å²) in [6, 6.07) is 14.9. The van der Waals surface area contributed by atoms with Crippen LogP contribution >= 0.6 is 35.6 Å². The molecule has 0 aliphatic heterocycles. The van der Waals surface area contributed by atoms with E-state index in [4.69, 9.17) is 16.3 Å². The molecule has 2 N–H and O–H groups in total. The van der Waals surface area contributed by atoms with Crippen LogP contribution in [0.15, 0.2) is 53.5 Å². The predicted octanol–water partition coefficient (Wildman–Crippen LogP) is 4.18. The minimum atomic E-state index is -0.0879. The number of nitrogens with one attached hydrogen (secondary N) is 2. The van der Waals surface area contributed by atoms with Crippen LogP contribution in [0.3, 0.4) is 0 Å². The van der Waals surface area contributed by atoms with Crippen LogP contribution in [-0.2, 0) is 6.54 Å². The van der Waals surface area contributed by atoms with Gasteiger partial charge in [0.05, 0.1) is 18.1 Å². The Bertz CT molecular complexity index is 828. The molecule has 30 heavy (non-hydrogen) atoms. The molecule has 0 bridgehead atoms. The van der Waals surface area contributed by atoms with Gasteiger partial charge in [-0.2, -0.15) is 0 Å². The molecule has 0 heterocycles. The van der Waals surface area contributed by atoms with Gasteiger partial charge in [-0.05, 0) is 43.7 Å². The highest BCUT2D eigenvalue weighted by atomic mass is 127. The molecule has 0 saturated heterocycles. The van der Waals surface area contributed by atoms with E-state index < -0.39 is 0 Å². The number of carbonyl (C=O) groups is 1. The van der Waals surface area contributed by atoms with Crippen molar-refractivity contribution in [3.8, 4) is 5.75 Å². The van der Waals surface area contributed by atoms with Gasteiger partial charge >= 0.3 is 0 Å². The summed E-state index contributed by atoms with van der Waals surface area (Å²) in [5.41, 5.74) is 1.69. The summed E-state index contributed by atoms with van der Waals surface area (Å²) in [4.78, 5) is 18.1. The highest BCUT2D eigenvalue weighted by molar-refractivity contribution is 14.0. The molecule has 2 aromatic rings. The number of rotatable bonds is 8. The van der Waals surface area contributed by atoms with Gasteiger partial charge in [-0.25, -0.2) is 4.99 Å². The highest BCUT2D eigenvalue weighted by Crippen LogP contribution is 2.24. The Balaban J connectivity index is 0.00000450. The van der Waals surface area contributed by atoms with Crippen molar-refractivity contribution < 1.29 is 9.53 Å². The van der Waals surface area contributed by atoms with Crippen molar-refractivity contribution in [2.45, 2.75) is 26.5 Å². The lowest BCUT2D eigenvalue weighted by molar-refractivity contribution is 0.0827. The number of amides is 1. The van der Waals surface area contributed by atoms with E-state index in [9.17, 15) is 4.79 Å². The molecule has 2 aromatic carbocycles. The zero-order valence-electron chi connectivity index (χ0n) is 17.8. The minimum Gasteiger partial charge on any atom is -0.487 e. The van der Waals surface area contributed by atoms with Gasteiger partial charge in [-0.3, -0.25) is 4.79 Å².